The van der Waals surface area contributed by atoms with E-state index in [9.17, 15) is 4.39 Å². The van der Waals surface area contributed by atoms with Crippen LogP contribution in [0.15, 0.2) is 12.4 Å². The minimum atomic E-state index is -0.457. The number of aromatic nitrogens is 2. The van der Waals surface area contributed by atoms with Gasteiger partial charge in [0.05, 0.1) is 0 Å². The third-order valence-corrected chi connectivity index (χ3v) is 3.51. The minimum Gasteiger partial charge on any atom is -0.357 e. The summed E-state index contributed by atoms with van der Waals surface area (Å²) in [4.78, 5) is 9.66. The number of halogens is 1. The van der Waals surface area contributed by atoms with Crippen molar-refractivity contribution in [1.29, 1.82) is 0 Å². The highest BCUT2D eigenvalue weighted by molar-refractivity contribution is 5.37. The lowest BCUT2D eigenvalue weighted by Gasteiger charge is -2.34. The summed E-state index contributed by atoms with van der Waals surface area (Å²) in [7, 11) is 1.99. The van der Waals surface area contributed by atoms with E-state index in [2.05, 4.69) is 21.8 Å². The molecule has 0 radical (unpaired) electrons. The van der Waals surface area contributed by atoms with Crippen LogP contribution in [0.2, 0.25) is 0 Å². The number of rotatable bonds is 2. The van der Waals surface area contributed by atoms with Crippen LogP contribution >= 0.6 is 0 Å². The van der Waals surface area contributed by atoms with Gasteiger partial charge in [-0.2, -0.15) is 4.39 Å². The minimum absolute atomic E-state index is 0.457. The summed E-state index contributed by atoms with van der Waals surface area (Å²) in [6.07, 6.45) is 6.13. The van der Waals surface area contributed by atoms with Crippen molar-refractivity contribution in [1.82, 2.24) is 9.97 Å². The van der Waals surface area contributed by atoms with Crippen molar-refractivity contribution in [3.05, 3.63) is 18.3 Å². The van der Waals surface area contributed by atoms with E-state index in [1.54, 1.807) is 0 Å². The van der Waals surface area contributed by atoms with E-state index in [4.69, 9.17) is 0 Å². The molecule has 0 saturated heterocycles. The number of nitrogens with zero attached hydrogens (tertiary/aromatic N) is 3. The van der Waals surface area contributed by atoms with Crippen molar-refractivity contribution >= 4 is 5.82 Å². The molecule has 0 N–H and O–H groups in total. The first-order chi connectivity index (χ1) is 7.66. The molecule has 1 heterocycles. The van der Waals surface area contributed by atoms with Gasteiger partial charge in [-0.15, -0.1) is 0 Å². The standard InChI is InChI=1S/C12H18FN3/c1-9-3-5-10(6-4-9)16(2)12-7-11(13)14-8-15-12/h7-10H,3-6H2,1-2H3. The number of hydrogen-bond acceptors (Lipinski definition) is 3. The average molecular weight is 223 g/mol. The Hall–Kier alpha value is -1.19. The van der Waals surface area contributed by atoms with Gasteiger partial charge >= 0.3 is 0 Å². The molecule has 0 aromatic carbocycles. The predicted molar refractivity (Wildman–Crippen MR) is 61.8 cm³/mol. The molecule has 2 rings (SSSR count). The highest BCUT2D eigenvalue weighted by Gasteiger charge is 2.22. The second-order valence-corrected chi connectivity index (χ2v) is 4.72. The molecule has 1 aromatic rings. The van der Waals surface area contributed by atoms with Crippen molar-refractivity contribution in [2.24, 2.45) is 5.92 Å². The van der Waals surface area contributed by atoms with Gasteiger partial charge in [-0.3, -0.25) is 0 Å². The van der Waals surface area contributed by atoms with E-state index in [0.717, 1.165) is 5.92 Å². The fraction of sp³-hybridized carbons (Fsp3) is 0.667. The van der Waals surface area contributed by atoms with Gasteiger partial charge in [0.25, 0.3) is 0 Å². The number of hydrogen-bond donors (Lipinski definition) is 0. The molecule has 0 bridgehead atoms. The van der Waals surface area contributed by atoms with Gasteiger partial charge in [-0.05, 0) is 31.6 Å². The van der Waals surface area contributed by atoms with Crippen LogP contribution in [0.1, 0.15) is 32.6 Å². The smallest absolute Gasteiger partial charge is 0.218 e. The summed E-state index contributed by atoms with van der Waals surface area (Å²) in [6, 6.07) is 1.89. The maximum Gasteiger partial charge on any atom is 0.218 e. The zero-order valence-electron chi connectivity index (χ0n) is 9.86. The molecule has 1 saturated carbocycles. The van der Waals surface area contributed by atoms with Crippen molar-refractivity contribution in [2.75, 3.05) is 11.9 Å². The van der Waals surface area contributed by atoms with E-state index in [-0.39, 0.29) is 0 Å². The molecule has 3 nitrogen and oxygen atoms in total. The Bertz CT molecular complexity index is 348. The van der Waals surface area contributed by atoms with Crippen molar-refractivity contribution in [3.63, 3.8) is 0 Å². The Morgan fingerprint density at radius 2 is 1.94 bits per heavy atom. The normalized spacial score (nSPS) is 25.4. The molecule has 0 amide bonds. The lowest BCUT2D eigenvalue weighted by Crippen LogP contribution is -2.35. The Balaban J connectivity index is 2.04. The fourth-order valence-corrected chi connectivity index (χ4v) is 2.33. The molecule has 0 spiro atoms. The molecule has 0 atom stereocenters. The van der Waals surface area contributed by atoms with Crippen LogP contribution in [0.3, 0.4) is 0 Å². The SMILES string of the molecule is CC1CCC(N(C)c2cc(F)ncn2)CC1. The van der Waals surface area contributed by atoms with Gasteiger partial charge in [0, 0.05) is 19.2 Å². The Labute approximate surface area is 95.7 Å². The van der Waals surface area contributed by atoms with E-state index < -0.39 is 5.95 Å². The molecule has 88 valence electrons. The Morgan fingerprint density at radius 1 is 1.25 bits per heavy atom. The van der Waals surface area contributed by atoms with Crippen LogP contribution in [0.4, 0.5) is 10.2 Å². The number of anilines is 1. The molecule has 16 heavy (non-hydrogen) atoms. The topological polar surface area (TPSA) is 29.0 Å². The van der Waals surface area contributed by atoms with Gasteiger partial charge in [-0.1, -0.05) is 6.92 Å². The second-order valence-electron chi connectivity index (χ2n) is 4.72. The molecule has 0 aliphatic heterocycles. The van der Waals surface area contributed by atoms with Gasteiger partial charge < -0.3 is 4.90 Å². The fourth-order valence-electron chi connectivity index (χ4n) is 2.33. The monoisotopic (exact) mass is 223 g/mol. The van der Waals surface area contributed by atoms with Crippen LogP contribution < -0.4 is 4.90 Å². The van der Waals surface area contributed by atoms with E-state index in [1.165, 1.54) is 38.1 Å². The average Bonchev–Trinajstić information content (AvgIpc) is 2.29. The zero-order valence-corrected chi connectivity index (χ0v) is 9.86. The summed E-state index contributed by atoms with van der Waals surface area (Å²) in [6.45, 7) is 2.29. The van der Waals surface area contributed by atoms with Crippen LogP contribution in [-0.2, 0) is 0 Å². The van der Waals surface area contributed by atoms with Gasteiger partial charge in [0.2, 0.25) is 5.95 Å². The van der Waals surface area contributed by atoms with Crippen LogP contribution in [0, 0.1) is 11.9 Å². The van der Waals surface area contributed by atoms with Gasteiger partial charge in [0.1, 0.15) is 12.1 Å². The first-order valence-corrected chi connectivity index (χ1v) is 5.87. The van der Waals surface area contributed by atoms with Crippen LogP contribution in [-0.4, -0.2) is 23.1 Å². The zero-order chi connectivity index (χ0) is 11.5. The van der Waals surface area contributed by atoms with E-state index >= 15 is 0 Å². The quantitative estimate of drug-likeness (QED) is 0.722. The lowest BCUT2D eigenvalue weighted by atomic mass is 9.87. The molecule has 0 unspecified atom stereocenters. The molecular formula is C12H18FN3. The molecular weight excluding hydrogens is 205 g/mol. The lowest BCUT2D eigenvalue weighted by molar-refractivity contribution is 0.339. The summed E-state index contributed by atoms with van der Waals surface area (Å²) in [5.74, 6) is 1.06. The molecule has 1 fully saturated rings. The van der Waals surface area contributed by atoms with Crippen LogP contribution in [0.5, 0.6) is 0 Å². The molecule has 1 aliphatic carbocycles. The molecule has 1 aliphatic rings. The second kappa shape index (κ2) is 4.76. The highest BCUT2D eigenvalue weighted by atomic mass is 19.1. The largest absolute Gasteiger partial charge is 0.357 e. The van der Waals surface area contributed by atoms with Gasteiger partial charge in [0.15, 0.2) is 0 Å². The summed E-state index contributed by atoms with van der Waals surface area (Å²) >= 11 is 0. The summed E-state index contributed by atoms with van der Waals surface area (Å²) < 4.78 is 13.0. The van der Waals surface area contributed by atoms with E-state index in [0.29, 0.717) is 11.9 Å². The highest BCUT2D eigenvalue weighted by Crippen LogP contribution is 2.28. The Morgan fingerprint density at radius 3 is 2.56 bits per heavy atom. The van der Waals surface area contributed by atoms with Crippen molar-refractivity contribution < 1.29 is 4.39 Å². The maximum absolute atomic E-state index is 13.0. The summed E-state index contributed by atoms with van der Waals surface area (Å²) in [5, 5.41) is 0. The Kier molecular flexibility index (Phi) is 3.36. The third kappa shape index (κ3) is 2.49. The first kappa shape index (κ1) is 11.3. The molecule has 1 aromatic heterocycles. The van der Waals surface area contributed by atoms with Gasteiger partial charge in [-0.25, -0.2) is 9.97 Å². The first-order valence-electron chi connectivity index (χ1n) is 5.87. The predicted octanol–water partition coefficient (Wildman–Crippen LogP) is 2.63. The maximum atomic E-state index is 13.0. The van der Waals surface area contributed by atoms with E-state index in [1.807, 2.05) is 7.05 Å². The van der Waals surface area contributed by atoms with Crippen molar-refractivity contribution in [2.45, 2.75) is 38.6 Å². The summed E-state index contributed by atoms with van der Waals surface area (Å²) in [5.41, 5.74) is 0. The van der Waals surface area contributed by atoms with Crippen LogP contribution in [0.25, 0.3) is 0 Å². The third-order valence-electron chi connectivity index (χ3n) is 3.51. The van der Waals surface area contributed by atoms with Crippen molar-refractivity contribution in [3.8, 4) is 0 Å². The molecule has 4 heteroatoms.